The molecular formula is C11H19NO5. The summed E-state index contributed by atoms with van der Waals surface area (Å²) in [4.78, 5) is 24.4. The lowest BCUT2D eigenvalue weighted by Crippen LogP contribution is -2.41. The number of piperidine rings is 1. The van der Waals surface area contributed by atoms with E-state index in [1.165, 1.54) is 0 Å². The minimum atomic E-state index is -0.429. The van der Waals surface area contributed by atoms with Gasteiger partial charge in [0, 0.05) is 13.1 Å². The minimum Gasteiger partial charge on any atom is -0.466 e. The molecule has 1 N–H and O–H groups in total. The van der Waals surface area contributed by atoms with Gasteiger partial charge in [0.25, 0.3) is 0 Å². The summed E-state index contributed by atoms with van der Waals surface area (Å²) < 4.78 is 9.73. The number of aliphatic hydroxyl groups is 1. The number of hydrogen-bond acceptors (Lipinski definition) is 5. The van der Waals surface area contributed by atoms with Gasteiger partial charge in [0.1, 0.15) is 6.61 Å². The molecule has 0 aromatic rings. The van der Waals surface area contributed by atoms with Gasteiger partial charge in [0.05, 0.1) is 19.1 Å². The zero-order chi connectivity index (χ0) is 12.7. The fourth-order valence-electron chi connectivity index (χ4n) is 1.78. The van der Waals surface area contributed by atoms with E-state index in [9.17, 15) is 9.59 Å². The Morgan fingerprint density at radius 1 is 1.29 bits per heavy atom. The lowest BCUT2D eigenvalue weighted by atomic mass is 9.97. The predicted octanol–water partition coefficient (Wildman–Crippen LogP) is 0.390. The monoisotopic (exact) mass is 245 g/mol. The fourth-order valence-corrected chi connectivity index (χ4v) is 1.78. The van der Waals surface area contributed by atoms with Crippen LogP contribution in [0.3, 0.4) is 0 Å². The highest BCUT2D eigenvalue weighted by molar-refractivity contribution is 5.73. The molecular weight excluding hydrogens is 226 g/mol. The second-order valence-corrected chi connectivity index (χ2v) is 3.85. The molecule has 1 amide bonds. The molecule has 1 fully saturated rings. The van der Waals surface area contributed by atoms with Crippen molar-refractivity contribution in [2.24, 2.45) is 5.92 Å². The van der Waals surface area contributed by atoms with Crippen molar-refractivity contribution < 1.29 is 24.2 Å². The van der Waals surface area contributed by atoms with Crippen molar-refractivity contribution in [3.8, 4) is 0 Å². The summed E-state index contributed by atoms with van der Waals surface area (Å²) in [5.74, 6) is -0.298. The normalized spacial score (nSPS) is 16.7. The van der Waals surface area contributed by atoms with Crippen LogP contribution in [0.5, 0.6) is 0 Å². The van der Waals surface area contributed by atoms with Crippen molar-refractivity contribution in [2.75, 3.05) is 32.9 Å². The molecule has 0 spiro atoms. The zero-order valence-corrected chi connectivity index (χ0v) is 10.1. The fraction of sp³-hybridized carbons (Fsp3) is 0.818. The zero-order valence-electron chi connectivity index (χ0n) is 10.1. The summed E-state index contributed by atoms with van der Waals surface area (Å²) >= 11 is 0. The largest absolute Gasteiger partial charge is 0.466 e. The number of ether oxygens (including phenoxy) is 2. The van der Waals surface area contributed by atoms with Crippen LogP contribution in [0.25, 0.3) is 0 Å². The smallest absolute Gasteiger partial charge is 0.409 e. The standard InChI is InChI=1S/C11H19NO5/c1-2-16-10(14)9-3-5-12(6-4-9)11(15)17-8-7-13/h9,13H,2-8H2,1H3. The second-order valence-electron chi connectivity index (χ2n) is 3.85. The van der Waals surface area contributed by atoms with Gasteiger partial charge in [-0.2, -0.15) is 0 Å². The Labute approximate surface area is 100 Å². The van der Waals surface area contributed by atoms with E-state index in [4.69, 9.17) is 14.6 Å². The first-order valence-corrected chi connectivity index (χ1v) is 5.88. The van der Waals surface area contributed by atoms with Gasteiger partial charge >= 0.3 is 12.1 Å². The van der Waals surface area contributed by atoms with Gasteiger partial charge in [0.15, 0.2) is 0 Å². The van der Waals surface area contributed by atoms with E-state index in [1.54, 1.807) is 11.8 Å². The van der Waals surface area contributed by atoms with E-state index in [0.717, 1.165) is 0 Å². The SMILES string of the molecule is CCOC(=O)C1CCN(C(=O)OCCO)CC1. The third kappa shape index (κ3) is 4.22. The molecule has 0 atom stereocenters. The summed E-state index contributed by atoms with van der Waals surface area (Å²) in [5, 5.41) is 8.53. The Kier molecular flexibility index (Phi) is 5.76. The van der Waals surface area contributed by atoms with Gasteiger partial charge in [-0.25, -0.2) is 4.79 Å². The van der Waals surface area contributed by atoms with E-state index in [1.807, 2.05) is 0 Å². The molecule has 0 saturated carbocycles. The molecule has 98 valence electrons. The lowest BCUT2D eigenvalue weighted by molar-refractivity contribution is -0.149. The molecule has 0 aromatic heterocycles. The van der Waals surface area contributed by atoms with Crippen LogP contribution in [0.1, 0.15) is 19.8 Å². The van der Waals surface area contributed by atoms with Gasteiger partial charge in [0.2, 0.25) is 0 Å². The van der Waals surface area contributed by atoms with Crippen LogP contribution in [0.15, 0.2) is 0 Å². The van der Waals surface area contributed by atoms with Crippen molar-refractivity contribution in [1.29, 1.82) is 0 Å². The Morgan fingerprint density at radius 2 is 1.94 bits per heavy atom. The van der Waals surface area contributed by atoms with E-state index in [0.29, 0.717) is 32.5 Å². The summed E-state index contributed by atoms with van der Waals surface area (Å²) in [6, 6.07) is 0. The van der Waals surface area contributed by atoms with Gasteiger partial charge in [-0.1, -0.05) is 0 Å². The van der Waals surface area contributed by atoms with Crippen LogP contribution in [-0.4, -0.2) is 55.0 Å². The Balaban J connectivity index is 2.30. The van der Waals surface area contributed by atoms with Crippen LogP contribution < -0.4 is 0 Å². The topological polar surface area (TPSA) is 76.1 Å². The molecule has 0 unspecified atom stereocenters. The molecule has 1 aliphatic heterocycles. The van der Waals surface area contributed by atoms with E-state index in [-0.39, 0.29) is 25.1 Å². The Hall–Kier alpha value is -1.30. The lowest BCUT2D eigenvalue weighted by Gasteiger charge is -2.29. The summed E-state index contributed by atoms with van der Waals surface area (Å²) in [6.07, 6.45) is 0.779. The van der Waals surface area contributed by atoms with Crippen LogP contribution in [0.4, 0.5) is 4.79 Å². The molecule has 0 aromatic carbocycles. The van der Waals surface area contributed by atoms with E-state index in [2.05, 4.69) is 0 Å². The molecule has 6 nitrogen and oxygen atoms in total. The maximum atomic E-state index is 11.5. The number of likely N-dealkylation sites (tertiary alicyclic amines) is 1. The molecule has 1 aliphatic rings. The molecule has 1 heterocycles. The molecule has 1 rings (SSSR count). The van der Waals surface area contributed by atoms with Crippen LogP contribution >= 0.6 is 0 Å². The van der Waals surface area contributed by atoms with Crippen molar-refractivity contribution in [1.82, 2.24) is 4.90 Å². The van der Waals surface area contributed by atoms with Crippen LogP contribution in [0.2, 0.25) is 0 Å². The summed E-state index contributed by atoms with van der Waals surface area (Å²) in [7, 11) is 0. The number of rotatable bonds is 4. The predicted molar refractivity (Wildman–Crippen MR) is 59.4 cm³/mol. The van der Waals surface area contributed by atoms with Gasteiger partial charge in [-0.15, -0.1) is 0 Å². The molecule has 17 heavy (non-hydrogen) atoms. The average Bonchev–Trinajstić information content (AvgIpc) is 2.36. The van der Waals surface area contributed by atoms with Gasteiger partial charge < -0.3 is 19.5 Å². The Bertz CT molecular complexity index is 261. The maximum absolute atomic E-state index is 11.5. The number of carbonyl (C=O) groups excluding carboxylic acids is 2. The highest BCUT2D eigenvalue weighted by Crippen LogP contribution is 2.19. The number of aliphatic hydroxyl groups excluding tert-OH is 1. The van der Waals surface area contributed by atoms with Crippen molar-refractivity contribution in [2.45, 2.75) is 19.8 Å². The van der Waals surface area contributed by atoms with E-state index < -0.39 is 6.09 Å². The number of hydrogen-bond donors (Lipinski definition) is 1. The second kappa shape index (κ2) is 7.11. The number of carbonyl (C=O) groups is 2. The molecule has 0 aliphatic carbocycles. The van der Waals surface area contributed by atoms with Crippen LogP contribution in [-0.2, 0) is 14.3 Å². The first-order chi connectivity index (χ1) is 8.19. The third-order valence-electron chi connectivity index (χ3n) is 2.69. The first kappa shape index (κ1) is 13.8. The van der Waals surface area contributed by atoms with Crippen LogP contribution in [0, 0.1) is 5.92 Å². The number of amides is 1. The minimum absolute atomic E-state index is 0.0106. The van der Waals surface area contributed by atoms with Crippen molar-refractivity contribution in [3.05, 3.63) is 0 Å². The molecule has 0 radical (unpaired) electrons. The molecule has 6 heteroatoms. The molecule has 0 bridgehead atoms. The Morgan fingerprint density at radius 3 is 2.47 bits per heavy atom. The average molecular weight is 245 g/mol. The molecule has 1 saturated heterocycles. The summed E-state index contributed by atoms with van der Waals surface area (Å²) in [5.41, 5.74) is 0. The quantitative estimate of drug-likeness (QED) is 0.725. The van der Waals surface area contributed by atoms with Crippen molar-refractivity contribution in [3.63, 3.8) is 0 Å². The number of esters is 1. The van der Waals surface area contributed by atoms with E-state index >= 15 is 0 Å². The number of nitrogens with zero attached hydrogens (tertiary/aromatic N) is 1. The first-order valence-electron chi connectivity index (χ1n) is 5.88. The summed E-state index contributed by atoms with van der Waals surface area (Å²) in [6.45, 7) is 2.99. The van der Waals surface area contributed by atoms with Crippen molar-refractivity contribution >= 4 is 12.1 Å². The van der Waals surface area contributed by atoms with Gasteiger partial charge in [-0.05, 0) is 19.8 Å². The highest BCUT2D eigenvalue weighted by atomic mass is 16.6. The highest BCUT2D eigenvalue weighted by Gasteiger charge is 2.28. The third-order valence-corrected chi connectivity index (χ3v) is 2.69. The maximum Gasteiger partial charge on any atom is 0.409 e. The van der Waals surface area contributed by atoms with Gasteiger partial charge in [-0.3, -0.25) is 4.79 Å².